The quantitative estimate of drug-likeness (QED) is 0.718. The summed E-state index contributed by atoms with van der Waals surface area (Å²) in [6, 6.07) is 5.32. The predicted molar refractivity (Wildman–Crippen MR) is 65.7 cm³/mol. The van der Waals surface area contributed by atoms with Crippen molar-refractivity contribution in [3.05, 3.63) is 28.8 Å². The number of hydrogen-bond acceptors (Lipinski definition) is 3. The van der Waals surface area contributed by atoms with Crippen LogP contribution in [0.15, 0.2) is 18.2 Å². The number of phenols is 1. The largest absolute Gasteiger partial charge is 0.506 e. The van der Waals surface area contributed by atoms with Gasteiger partial charge in [-0.15, -0.1) is 0 Å². The summed E-state index contributed by atoms with van der Waals surface area (Å²) in [6.07, 6.45) is 0.786. The molecule has 0 aliphatic heterocycles. The van der Waals surface area contributed by atoms with Crippen LogP contribution in [-0.4, -0.2) is 23.4 Å². The molecule has 1 atom stereocenters. The van der Waals surface area contributed by atoms with Crippen LogP contribution in [0.2, 0.25) is 5.02 Å². The third-order valence-corrected chi connectivity index (χ3v) is 2.81. The molecule has 0 spiro atoms. The van der Waals surface area contributed by atoms with Gasteiger partial charge in [-0.3, -0.25) is 0 Å². The third kappa shape index (κ3) is 4.00. The van der Waals surface area contributed by atoms with E-state index < -0.39 is 0 Å². The number of hydrogen-bond donors (Lipinski definition) is 3. The highest BCUT2D eigenvalue weighted by atomic mass is 35.5. The van der Waals surface area contributed by atoms with Crippen LogP contribution >= 0.6 is 11.6 Å². The Morgan fingerprint density at radius 3 is 2.88 bits per heavy atom. The van der Waals surface area contributed by atoms with Gasteiger partial charge < -0.3 is 15.5 Å². The van der Waals surface area contributed by atoms with E-state index in [1.54, 1.807) is 6.07 Å². The molecular weight excluding hydrogens is 226 g/mol. The number of aromatic hydroxyl groups is 1. The maximum Gasteiger partial charge on any atom is 0.138 e. The lowest BCUT2D eigenvalue weighted by Crippen LogP contribution is -2.21. The molecule has 0 heterocycles. The molecule has 1 rings (SSSR count). The summed E-state index contributed by atoms with van der Waals surface area (Å²) in [6.45, 7) is 3.68. The molecular formula is C12H18ClNO2. The van der Waals surface area contributed by atoms with Crippen LogP contribution in [0.4, 0.5) is 0 Å². The smallest absolute Gasteiger partial charge is 0.138 e. The van der Waals surface area contributed by atoms with E-state index in [2.05, 4.69) is 12.2 Å². The minimum atomic E-state index is 0.145. The summed E-state index contributed by atoms with van der Waals surface area (Å²) in [4.78, 5) is 0. The van der Waals surface area contributed by atoms with Gasteiger partial charge in [-0.1, -0.05) is 30.7 Å². The van der Waals surface area contributed by atoms with Crippen LogP contribution < -0.4 is 5.32 Å². The van der Waals surface area contributed by atoms with Crippen molar-refractivity contribution < 1.29 is 10.2 Å². The minimum absolute atomic E-state index is 0.145. The number of para-hydroxylation sites is 1. The minimum Gasteiger partial charge on any atom is -0.506 e. The molecule has 0 aliphatic carbocycles. The Morgan fingerprint density at radius 1 is 1.44 bits per heavy atom. The molecule has 1 aromatic rings. The van der Waals surface area contributed by atoms with Gasteiger partial charge in [0.25, 0.3) is 0 Å². The van der Waals surface area contributed by atoms with Crippen molar-refractivity contribution in [2.75, 3.05) is 13.2 Å². The van der Waals surface area contributed by atoms with Gasteiger partial charge in [0.2, 0.25) is 0 Å². The van der Waals surface area contributed by atoms with E-state index in [9.17, 15) is 5.11 Å². The normalized spacial score (nSPS) is 12.7. The van der Waals surface area contributed by atoms with E-state index >= 15 is 0 Å². The summed E-state index contributed by atoms with van der Waals surface area (Å²) in [7, 11) is 0. The Balaban J connectivity index is 2.40. The Kier molecular flexibility index (Phi) is 5.60. The van der Waals surface area contributed by atoms with E-state index in [0.717, 1.165) is 18.5 Å². The first kappa shape index (κ1) is 13.3. The van der Waals surface area contributed by atoms with E-state index in [1.807, 2.05) is 12.1 Å². The Hall–Kier alpha value is -0.770. The third-order valence-electron chi connectivity index (χ3n) is 2.50. The maximum atomic E-state index is 9.65. The van der Waals surface area contributed by atoms with Gasteiger partial charge in [-0.2, -0.15) is 0 Å². The highest BCUT2D eigenvalue weighted by Gasteiger charge is 2.05. The maximum absolute atomic E-state index is 9.65. The molecule has 4 heteroatoms. The van der Waals surface area contributed by atoms with E-state index in [4.69, 9.17) is 16.7 Å². The van der Waals surface area contributed by atoms with Crippen molar-refractivity contribution in [1.82, 2.24) is 5.32 Å². The predicted octanol–water partition coefficient (Wildman–Crippen LogP) is 2.15. The van der Waals surface area contributed by atoms with E-state index in [0.29, 0.717) is 17.5 Å². The molecule has 90 valence electrons. The Morgan fingerprint density at radius 2 is 2.19 bits per heavy atom. The van der Waals surface area contributed by atoms with Gasteiger partial charge >= 0.3 is 0 Å². The lowest BCUT2D eigenvalue weighted by molar-refractivity contribution is 0.260. The zero-order valence-corrected chi connectivity index (χ0v) is 10.2. The first-order valence-electron chi connectivity index (χ1n) is 5.43. The lowest BCUT2D eigenvalue weighted by atomic mass is 10.1. The van der Waals surface area contributed by atoms with E-state index in [1.165, 1.54) is 0 Å². The number of aliphatic hydroxyl groups is 1. The highest BCUT2D eigenvalue weighted by molar-refractivity contribution is 6.32. The van der Waals surface area contributed by atoms with Crippen LogP contribution in [0.25, 0.3) is 0 Å². The number of halogens is 1. The standard InChI is InChI=1S/C12H18ClNO2/c1-9(5-6-15)7-14-8-10-3-2-4-11(13)12(10)16/h2-4,9,14-16H,5-8H2,1H3. The average molecular weight is 244 g/mol. The molecule has 16 heavy (non-hydrogen) atoms. The first-order valence-corrected chi connectivity index (χ1v) is 5.81. The van der Waals surface area contributed by atoms with Crippen LogP contribution in [-0.2, 0) is 6.54 Å². The molecule has 0 aromatic heterocycles. The second-order valence-corrected chi connectivity index (χ2v) is 4.40. The van der Waals surface area contributed by atoms with Crippen molar-refractivity contribution in [3.63, 3.8) is 0 Å². The van der Waals surface area contributed by atoms with Gasteiger partial charge in [0.05, 0.1) is 5.02 Å². The molecule has 3 N–H and O–H groups in total. The molecule has 0 saturated carbocycles. The van der Waals surface area contributed by atoms with Crippen molar-refractivity contribution in [1.29, 1.82) is 0 Å². The average Bonchev–Trinajstić information content (AvgIpc) is 2.25. The molecule has 0 bridgehead atoms. The van der Waals surface area contributed by atoms with Crippen molar-refractivity contribution >= 4 is 11.6 Å². The molecule has 3 nitrogen and oxygen atoms in total. The summed E-state index contributed by atoms with van der Waals surface area (Å²) >= 11 is 5.79. The lowest BCUT2D eigenvalue weighted by Gasteiger charge is -2.12. The van der Waals surface area contributed by atoms with Crippen molar-refractivity contribution in [2.45, 2.75) is 19.9 Å². The molecule has 1 aromatic carbocycles. The molecule has 0 saturated heterocycles. The van der Waals surface area contributed by atoms with Crippen molar-refractivity contribution in [2.24, 2.45) is 5.92 Å². The fraction of sp³-hybridized carbons (Fsp3) is 0.500. The topological polar surface area (TPSA) is 52.5 Å². The Bertz CT molecular complexity index is 331. The number of benzene rings is 1. The number of rotatable bonds is 6. The van der Waals surface area contributed by atoms with Gasteiger partial charge in [-0.05, 0) is 24.9 Å². The Labute approximate surface area is 101 Å². The second kappa shape index (κ2) is 6.74. The fourth-order valence-electron chi connectivity index (χ4n) is 1.48. The van der Waals surface area contributed by atoms with Crippen LogP contribution in [0.1, 0.15) is 18.9 Å². The molecule has 0 radical (unpaired) electrons. The zero-order valence-electron chi connectivity index (χ0n) is 9.41. The number of phenolic OH excluding ortho intramolecular Hbond substituents is 1. The van der Waals surface area contributed by atoms with Crippen LogP contribution in [0.3, 0.4) is 0 Å². The van der Waals surface area contributed by atoms with Gasteiger partial charge in [-0.25, -0.2) is 0 Å². The van der Waals surface area contributed by atoms with Crippen LogP contribution in [0, 0.1) is 5.92 Å². The van der Waals surface area contributed by atoms with Crippen LogP contribution in [0.5, 0.6) is 5.75 Å². The molecule has 0 amide bonds. The first-order chi connectivity index (χ1) is 7.65. The summed E-state index contributed by atoms with van der Waals surface area (Å²) in [5, 5.41) is 22.0. The zero-order chi connectivity index (χ0) is 12.0. The SMILES string of the molecule is CC(CCO)CNCc1cccc(Cl)c1O. The van der Waals surface area contributed by atoms with Gasteiger partial charge in [0.15, 0.2) is 0 Å². The van der Waals surface area contributed by atoms with Gasteiger partial charge in [0, 0.05) is 18.7 Å². The number of aliphatic hydroxyl groups excluding tert-OH is 1. The second-order valence-electron chi connectivity index (χ2n) is 4.00. The number of nitrogens with one attached hydrogen (secondary N) is 1. The molecule has 0 aliphatic rings. The summed E-state index contributed by atoms with van der Waals surface area (Å²) < 4.78 is 0. The van der Waals surface area contributed by atoms with E-state index in [-0.39, 0.29) is 12.4 Å². The summed E-state index contributed by atoms with van der Waals surface area (Å²) in [5.41, 5.74) is 0.795. The molecule has 1 unspecified atom stereocenters. The van der Waals surface area contributed by atoms with Crippen molar-refractivity contribution in [3.8, 4) is 5.75 Å². The monoisotopic (exact) mass is 243 g/mol. The fourth-order valence-corrected chi connectivity index (χ4v) is 1.67. The highest BCUT2D eigenvalue weighted by Crippen LogP contribution is 2.26. The van der Waals surface area contributed by atoms with Gasteiger partial charge in [0.1, 0.15) is 5.75 Å². The molecule has 0 fully saturated rings. The summed E-state index contributed by atoms with van der Waals surface area (Å²) in [5.74, 6) is 0.567.